The molecule has 0 saturated heterocycles. The van der Waals surface area contributed by atoms with Crippen molar-refractivity contribution >= 4 is 10.8 Å². The first-order valence-electron chi connectivity index (χ1n) is 5.98. The highest BCUT2D eigenvalue weighted by molar-refractivity contribution is 5.89. The molecule has 0 amide bonds. The molecule has 0 saturated carbocycles. The first kappa shape index (κ1) is 10.7. The molecule has 1 atom stereocenters. The van der Waals surface area contributed by atoms with Crippen molar-refractivity contribution in [3.63, 3.8) is 0 Å². The van der Waals surface area contributed by atoms with Crippen molar-refractivity contribution in [3.05, 3.63) is 47.3 Å². The Morgan fingerprint density at radius 3 is 2.59 bits per heavy atom. The maximum Gasteiger partial charge on any atom is 0.131 e. The van der Waals surface area contributed by atoms with Crippen molar-refractivity contribution in [2.24, 2.45) is 5.73 Å². The molecule has 2 heteroatoms. The van der Waals surface area contributed by atoms with Crippen LogP contribution in [0, 0.1) is 5.82 Å². The van der Waals surface area contributed by atoms with Crippen molar-refractivity contribution in [1.82, 2.24) is 0 Å². The van der Waals surface area contributed by atoms with E-state index in [0.29, 0.717) is 5.39 Å². The van der Waals surface area contributed by atoms with Crippen LogP contribution in [-0.2, 0) is 5.41 Å². The Morgan fingerprint density at radius 2 is 1.88 bits per heavy atom. The Balaban J connectivity index is 2.47. The van der Waals surface area contributed by atoms with E-state index in [4.69, 9.17) is 5.73 Å². The van der Waals surface area contributed by atoms with E-state index in [2.05, 4.69) is 13.8 Å². The Bertz CT molecular complexity index is 601. The molecule has 0 aromatic heterocycles. The maximum absolute atomic E-state index is 14.0. The van der Waals surface area contributed by atoms with Crippen LogP contribution in [-0.4, -0.2) is 0 Å². The van der Waals surface area contributed by atoms with E-state index in [0.717, 1.165) is 17.4 Å². The predicted molar refractivity (Wildman–Crippen MR) is 68.5 cm³/mol. The largest absolute Gasteiger partial charge is 0.324 e. The summed E-state index contributed by atoms with van der Waals surface area (Å²) in [6.45, 7) is 4.37. The normalized spacial score (nSPS) is 21.8. The van der Waals surface area contributed by atoms with Gasteiger partial charge in [0.1, 0.15) is 5.82 Å². The van der Waals surface area contributed by atoms with Gasteiger partial charge in [-0.05, 0) is 34.4 Å². The lowest BCUT2D eigenvalue weighted by atomic mass is 9.83. The van der Waals surface area contributed by atoms with Crippen LogP contribution in [0.5, 0.6) is 0 Å². The second-order valence-electron chi connectivity index (χ2n) is 5.56. The third kappa shape index (κ3) is 1.40. The third-order valence-electron chi connectivity index (χ3n) is 3.83. The van der Waals surface area contributed by atoms with Gasteiger partial charge in [-0.3, -0.25) is 0 Å². The number of benzene rings is 2. The van der Waals surface area contributed by atoms with Gasteiger partial charge >= 0.3 is 0 Å². The van der Waals surface area contributed by atoms with Gasteiger partial charge in [-0.1, -0.05) is 38.1 Å². The lowest BCUT2D eigenvalue weighted by Crippen LogP contribution is -2.14. The molecule has 0 radical (unpaired) electrons. The summed E-state index contributed by atoms with van der Waals surface area (Å²) in [6.07, 6.45) is 0.885. The Hall–Kier alpha value is -1.41. The van der Waals surface area contributed by atoms with Gasteiger partial charge in [0.25, 0.3) is 0 Å². The monoisotopic (exact) mass is 229 g/mol. The van der Waals surface area contributed by atoms with Crippen molar-refractivity contribution < 1.29 is 4.39 Å². The molecule has 3 rings (SSSR count). The smallest absolute Gasteiger partial charge is 0.131 e. The van der Waals surface area contributed by atoms with Crippen molar-refractivity contribution in [2.75, 3.05) is 0 Å². The Kier molecular flexibility index (Phi) is 2.08. The second-order valence-corrected chi connectivity index (χ2v) is 5.56. The van der Waals surface area contributed by atoms with Crippen molar-refractivity contribution in [1.29, 1.82) is 0 Å². The van der Waals surface area contributed by atoms with Crippen molar-refractivity contribution in [2.45, 2.75) is 31.7 Å². The Labute approximate surface area is 100 Å². The minimum absolute atomic E-state index is 0.0298. The highest BCUT2D eigenvalue weighted by Crippen LogP contribution is 2.47. The summed E-state index contributed by atoms with van der Waals surface area (Å²) in [7, 11) is 0. The van der Waals surface area contributed by atoms with E-state index in [9.17, 15) is 4.39 Å². The van der Waals surface area contributed by atoms with Crippen LogP contribution in [0.15, 0.2) is 30.3 Å². The fourth-order valence-electron chi connectivity index (χ4n) is 3.16. The number of nitrogens with two attached hydrogens (primary N) is 1. The van der Waals surface area contributed by atoms with E-state index >= 15 is 0 Å². The SMILES string of the molecule is CC1(C)C[C@@H](N)c2cc(F)c3ccccc3c21. The summed E-state index contributed by atoms with van der Waals surface area (Å²) in [4.78, 5) is 0. The molecular weight excluding hydrogens is 213 g/mol. The minimum Gasteiger partial charge on any atom is -0.324 e. The van der Waals surface area contributed by atoms with Crippen LogP contribution >= 0.6 is 0 Å². The van der Waals surface area contributed by atoms with Gasteiger partial charge in [-0.15, -0.1) is 0 Å². The van der Waals surface area contributed by atoms with Gasteiger partial charge in [0.05, 0.1) is 0 Å². The van der Waals surface area contributed by atoms with Gasteiger partial charge in [0.15, 0.2) is 0 Å². The topological polar surface area (TPSA) is 26.0 Å². The summed E-state index contributed by atoms with van der Waals surface area (Å²) >= 11 is 0. The molecule has 1 nitrogen and oxygen atoms in total. The van der Waals surface area contributed by atoms with E-state index in [-0.39, 0.29) is 17.3 Å². The lowest BCUT2D eigenvalue weighted by Gasteiger charge is -2.21. The van der Waals surface area contributed by atoms with Crippen LogP contribution < -0.4 is 5.73 Å². The number of hydrogen-bond donors (Lipinski definition) is 1. The summed E-state index contributed by atoms with van der Waals surface area (Å²) in [5.74, 6) is -0.160. The Morgan fingerprint density at radius 1 is 1.24 bits per heavy atom. The summed E-state index contributed by atoms with van der Waals surface area (Å²) in [5, 5.41) is 1.72. The van der Waals surface area contributed by atoms with E-state index in [1.165, 1.54) is 5.56 Å². The zero-order valence-corrected chi connectivity index (χ0v) is 10.1. The molecule has 2 aromatic rings. The molecule has 0 heterocycles. The maximum atomic E-state index is 14.0. The summed E-state index contributed by atoms with van der Waals surface area (Å²) in [5.41, 5.74) is 8.35. The van der Waals surface area contributed by atoms with Crippen LogP contribution in [0.4, 0.5) is 4.39 Å². The first-order valence-corrected chi connectivity index (χ1v) is 5.98. The van der Waals surface area contributed by atoms with Gasteiger partial charge in [0, 0.05) is 11.4 Å². The fourth-order valence-corrected chi connectivity index (χ4v) is 3.16. The molecule has 0 fully saturated rings. The highest BCUT2D eigenvalue weighted by atomic mass is 19.1. The van der Waals surface area contributed by atoms with Gasteiger partial charge in [0.2, 0.25) is 0 Å². The van der Waals surface area contributed by atoms with Crippen LogP contribution in [0.25, 0.3) is 10.8 Å². The summed E-state index contributed by atoms with van der Waals surface area (Å²) in [6, 6.07) is 9.25. The van der Waals surface area contributed by atoms with Gasteiger partial charge < -0.3 is 5.73 Å². The molecule has 0 aliphatic heterocycles. The molecule has 0 bridgehead atoms. The molecule has 17 heavy (non-hydrogen) atoms. The molecular formula is C15H16FN. The number of rotatable bonds is 0. The van der Waals surface area contributed by atoms with E-state index in [1.54, 1.807) is 6.07 Å². The van der Waals surface area contributed by atoms with Crippen LogP contribution in [0.3, 0.4) is 0 Å². The van der Waals surface area contributed by atoms with Gasteiger partial charge in [-0.25, -0.2) is 4.39 Å². The lowest BCUT2D eigenvalue weighted by molar-refractivity contribution is 0.483. The highest BCUT2D eigenvalue weighted by Gasteiger charge is 2.37. The zero-order chi connectivity index (χ0) is 12.2. The predicted octanol–water partition coefficient (Wildman–Crippen LogP) is 3.66. The van der Waals surface area contributed by atoms with E-state index in [1.807, 2.05) is 24.3 Å². The molecule has 2 aromatic carbocycles. The fraction of sp³-hybridized carbons (Fsp3) is 0.333. The molecule has 0 spiro atoms. The van der Waals surface area contributed by atoms with Crippen LogP contribution in [0.1, 0.15) is 37.4 Å². The number of halogens is 1. The molecule has 1 aliphatic carbocycles. The zero-order valence-electron chi connectivity index (χ0n) is 10.1. The third-order valence-corrected chi connectivity index (χ3v) is 3.83. The van der Waals surface area contributed by atoms with Crippen LogP contribution in [0.2, 0.25) is 0 Å². The molecule has 2 N–H and O–H groups in total. The molecule has 88 valence electrons. The average Bonchev–Trinajstić information content (AvgIpc) is 2.49. The van der Waals surface area contributed by atoms with Crippen molar-refractivity contribution in [3.8, 4) is 0 Å². The second kappa shape index (κ2) is 3.30. The van der Waals surface area contributed by atoms with E-state index < -0.39 is 0 Å². The quantitative estimate of drug-likeness (QED) is 0.733. The molecule has 1 aliphatic rings. The average molecular weight is 229 g/mol. The number of hydrogen-bond acceptors (Lipinski definition) is 1. The molecule has 0 unspecified atom stereocenters. The first-order chi connectivity index (χ1) is 8.00. The number of fused-ring (bicyclic) bond motifs is 3. The van der Waals surface area contributed by atoms with Gasteiger partial charge in [-0.2, -0.15) is 0 Å². The standard InChI is InChI=1S/C15H16FN/c1-15(2)8-13(17)11-7-12(16)9-5-3-4-6-10(9)14(11)15/h3-7,13H,8,17H2,1-2H3/t13-/m1/s1. The minimum atomic E-state index is -0.160. The summed E-state index contributed by atoms with van der Waals surface area (Å²) < 4.78 is 14.0.